The predicted octanol–water partition coefficient (Wildman–Crippen LogP) is 1.70. The van der Waals surface area contributed by atoms with Crippen LogP contribution in [0.3, 0.4) is 0 Å². The zero-order valence-corrected chi connectivity index (χ0v) is 18.0. The van der Waals surface area contributed by atoms with E-state index in [0.717, 1.165) is 4.90 Å². The third-order valence-corrected chi connectivity index (χ3v) is 7.83. The molecule has 2 amide bonds. The Morgan fingerprint density at radius 3 is 2.76 bits per heavy atom. The van der Waals surface area contributed by atoms with Gasteiger partial charge >= 0.3 is 5.97 Å². The van der Waals surface area contributed by atoms with Crippen molar-refractivity contribution in [2.75, 3.05) is 30.0 Å². The third-order valence-electron chi connectivity index (χ3n) is 4.91. The number of nitrogens with one attached hydrogen (secondary N) is 1. The molecular formula is C19H24N2O6S2. The van der Waals surface area contributed by atoms with Crippen molar-refractivity contribution in [2.45, 2.75) is 42.9 Å². The maximum Gasteiger partial charge on any atom is 0.338 e. The van der Waals surface area contributed by atoms with Crippen LogP contribution in [0, 0.1) is 0 Å². The molecule has 0 spiro atoms. The van der Waals surface area contributed by atoms with Crippen molar-refractivity contribution in [3.63, 3.8) is 0 Å². The molecule has 0 saturated carbocycles. The molecule has 3 rings (SSSR count). The van der Waals surface area contributed by atoms with Crippen LogP contribution in [0.1, 0.15) is 37.0 Å². The van der Waals surface area contributed by atoms with Gasteiger partial charge in [0.2, 0.25) is 5.91 Å². The largest absolute Gasteiger partial charge is 0.452 e. The SMILES string of the molecule is CCCN(C(=O)COC(=O)c1ccc2c(c1)NC(=O)C(C)S2)C1CCS(=O)(=O)C1. The molecule has 2 aliphatic rings. The van der Waals surface area contributed by atoms with E-state index in [4.69, 9.17) is 4.74 Å². The maximum atomic E-state index is 12.6. The molecule has 2 heterocycles. The van der Waals surface area contributed by atoms with Gasteiger partial charge in [-0.25, -0.2) is 13.2 Å². The highest BCUT2D eigenvalue weighted by molar-refractivity contribution is 8.01. The summed E-state index contributed by atoms with van der Waals surface area (Å²) in [6, 6.07) is 4.49. The first kappa shape index (κ1) is 21.6. The van der Waals surface area contributed by atoms with Crippen LogP contribution in [-0.2, 0) is 24.2 Å². The number of amides is 2. The van der Waals surface area contributed by atoms with Gasteiger partial charge in [-0.05, 0) is 38.0 Å². The molecule has 10 heteroatoms. The molecule has 0 bridgehead atoms. The molecule has 1 fully saturated rings. The number of carbonyl (C=O) groups is 3. The van der Waals surface area contributed by atoms with Crippen LogP contribution in [0.25, 0.3) is 0 Å². The lowest BCUT2D eigenvalue weighted by atomic mass is 10.2. The Morgan fingerprint density at radius 1 is 1.34 bits per heavy atom. The molecule has 0 radical (unpaired) electrons. The van der Waals surface area contributed by atoms with E-state index in [-0.39, 0.29) is 34.3 Å². The van der Waals surface area contributed by atoms with Crippen LogP contribution in [0.4, 0.5) is 5.69 Å². The zero-order chi connectivity index (χ0) is 21.2. The van der Waals surface area contributed by atoms with Crippen LogP contribution >= 0.6 is 11.8 Å². The summed E-state index contributed by atoms with van der Waals surface area (Å²) < 4.78 is 28.6. The lowest BCUT2D eigenvalue weighted by Gasteiger charge is -2.27. The lowest BCUT2D eigenvalue weighted by molar-refractivity contribution is -0.136. The molecule has 2 aliphatic heterocycles. The Labute approximate surface area is 174 Å². The lowest BCUT2D eigenvalue weighted by Crippen LogP contribution is -2.43. The fourth-order valence-electron chi connectivity index (χ4n) is 3.40. The van der Waals surface area contributed by atoms with Crippen molar-refractivity contribution in [3.05, 3.63) is 23.8 Å². The van der Waals surface area contributed by atoms with Gasteiger partial charge in [0.1, 0.15) is 0 Å². The van der Waals surface area contributed by atoms with Gasteiger partial charge in [0, 0.05) is 17.5 Å². The van der Waals surface area contributed by atoms with E-state index in [1.54, 1.807) is 19.1 Å². The minimum Gasteiger partial charge on any atom is -0.452 e. The Kier molecular flexibility index (Phi) is 6.52. The van der Waals surface area contributed by atoms with Gasteiger partial charge in [-0.1, -0.05) is 6.92 Å². The number of hydrogen-bond acceptors (Lipinski definition) is 7. The van der Waals surface area contributed by atoms with Crippen molar-refractivity contribution >= 4 is 45.1 Å². The minimum absolute atomic E-state index is 0.0483. The number of ether oxygens (including phenoxy) is 1. The van der Waals surface area contributed by atoms with Crippen molar-refractivity contribution < 1.29 is 27.5 Å². The van der Waals surface area contributed by atoms with Crippen LogP contribution < -0.4 is 5.32 Å². The van der Waals surface area contributed by atoms with Gasteiger partial charge in [-0.15, -0.1) is 11.8 Å². The molecule has 0 aromatic heterocycles. The Morgan fingerprint density at radius 2 is 2.10 bits per heavy atom. The first-order valence-corrected chi connectivity index (χ1v) is 12.2. The van der Waals surface area contributed by atoms with E-state index in [9.17, 15) is 22.8 Å². The summed E-state index contributed by atoms with van der Waals surface area (Å²) in [4.78, 5) is 39.1. The standard InChI is InChI=1S/C19H24N2O6S2/c1-3-7-21(14-6-8-29(25,26)11-14)17(22)10-27-19(24)13-4-5-16-15(9-13)20-18(23)12(2)28-16/h4-5,9,12,14H,3,6-8,10-11H2,1-2H3,(H,20,23). The highest BCUT2D eigenvalue weighted by Crippen LogP contribution is 2.36. The minimum atomic E-state index is -3.12. The number of fused-ring (bicyclic) bond motifs is 1. The second-order valence-electron chi connectivity index (χ2n) is 7.18. The number of sulfone groups is 1. The quantitative estimate of drug-likeness (QED) is 0.671. The average molecular weight is 441 g/mol. The molecule has 1 saturated heterocycles. The molecule has 158 valence electrons. The van der Waals surface area contributed by atoms with Crippen LogP contribution in [0.5, 0.6) is 0 Å². The summed E-state index contributed by atoms with van der Waals surface area (Å²) in [5.41, 5.74) is 0.778. The number of benzene rings is 1. The number of carbonyl (C=O) groups excluding carboxylic acids is 3. The highest BCUT2D eigenvalue weighted by atomic mass is 32.2. The summed E-state index contributed by atoms with van der Waals surface area (Å²) in [5, 5.41) is 2.54. The fourth-order valence-corrected chi connectivity index (χ4v) is 6.06. The summed E-state index contributed by atoms with van der Waals surface area (Å²) in [6.45, 7) is 3.66. The Balaban J connectivity index is 1.63. The average Bonchev–Trinajstić information content (AvgIpc) is 3.03. The topological polar surface area (TPSA) is 110 Å². The smallest absolute Gasteiger partial charge is 0.338 e. The van der Waals surface area contributed by atoms with Gasteiger partial charge in [-0.2, -0.15) is 0 Å². The third kappa shape index (κ3) is 5.11. The number of esters is 1. The normalized spacial score (nSPS) is 22.5. The number of hydrogen-bond donors (Lipinski definition) is 1. The molecule has 1 aromatic rings. The molecule has 8 nitrogen and oxygen atoms in total. The van der Waals surface area contributed by atoms with E-state index >= 15 is 0 Å². The fraction of sp³-hybridized carbons (Fsp3) is 0.526. The number of rotatable bonds is 6. The summed E-state index contributed by atoms with van der Waals surface area (Å²) in [7, 11) is -3.12. The summed E-state index contributed by atoms with van der Waals surface area (Å²) in [6.07, 6.45) is 1.08. The molecule has 1 aromatic carbocycles. The van der Waals surface area contributed by atoms with Crippen molar-refractivity contribution in [1.82, 2.24) is 4.90 Å². The van der Waals surface area contributed by atoms with Crippen molar-refractivity contribution in [1.29, 1.82) is 0 Å². The first-order chi connectivity index (χ1) is 13.7. The predicted molar refractivity (Wildman–Crippen MR) is 110 cm³/mol. The molecule has 2 atom stereocenters. The Hall–Kier alpha value is -2.07. The number of anilines is 1. The number of thioether (sulfide) groups is 1. The highest BCUT2D eigenvalue weighted by Gasteiger charge is 2.34. The van der Waals surface area contributed by atoms with Gasteiger partial charge in [0.15, 0.2) is 16.4 Å². The van der Waals surface area contributed by atoms with Gasteiger partial charge < -0.3 is 15.0 Å². The van der Waals surface area contributed by atoms with Crippen molar-refractivity contribution in [2.24, 2.45) is 0 Å². The molecule has 2 unspecified atom stereocenters. The van der Waals surface area contributed by atoms with E-state index in [2.05, 4.69) is 5.32 Å². The second-order valence-corrected chi connectivity index (χ2v) is 10.8. The molecule has 1 N–H and O–H groups in total. The molecular weight excluding hydrogens is 416 g/mol. The summed E-state index contributed by atoms with van der Waals surface area (Å²) in [5.74, 6) is -1.19. The number of nitrogens with zero attached hydrogens (tertiary/aromatic N) is 1. The van der Waals surface area contributed by atoms with Gasteiger partial charge in [-0.3, -0.25) is 9.59 Å². The van der Waals surface area contributed by atoms with Crippen LogP contribution in [-0.4, -0.2) is 67.1 Å². The Bertz CT molecular complexity index is 931. The van der Waals surface area contributed by atoms with E-state index in [0.29, 0.717) is 25.1 Å². The van der Waals surface area contributed by atoms with Gasteiger partial charge in [0.05, 0.1) is 28.0 Å². The summed E-state index contributed by atoms with van der Waals surface area (Å²) >= 11 is 1.41. The molecule has 29 heavy (non-hydrogen) atoms. The van der Waals surface area contributed by atoms with Crippen LogP contribution in [0.15, 0.2) is 23.1 Å². The van der Waals surface area contributed by atoms with E-state index in [1.165, 1.54) is 22.7 Å². The monoisotopic (exact) mass is 440 g/mol. The van der Waals surface area contributed by atoms with Gasteiger partial charge in [0.25, 0.3) is 5.91 Å². The zero-order valence-electron chi connectivity index (χ0n) is 16.3. The first-order valence-electron chi connectivity index (χ1n) is 9.48. The van der Waals surface area contributed by atoms with E-state index in [1.807, 2.05) is 6.92 Å². The van der Waals surface area contributed by atoms with Crippen molar-refractivity contribution in [3.8, 4) is 0 Å². The molecule has 0 aliphatic carbocycles. The second kappa shape index (κ2) is 8.74. The van der Waals surface area contributed by atoms with Crippen LogP contribution in [0.2, 0.25) is 0 Å². The maximum absolute atomic E-state index is 12.6. The van der Waals surface area contributed by atoms with E-state index < -0.39 is 28.3 Å².